The smallest absolute Gasteiger partial charge is 0.243 e. The lowest BCUT2D eigenvalue weighted by molar-refractivity contribution is -0.127. The fourth-order valence-electron chi connectivity index (χ4n) is 2.62. The molecular weight excluding hydrogens is 431 g/mol. The number of halogens is 1. The van der Waals surface area contributed by atoms with Gasteiger partial charge >= 0.3 is 0 Å². The summed E-state index contributed by atoms with van der Waals surface area (Å²) in [5.74, 6) is 1.92. The van der Waals surface area contributed by atoms with E-state index in [1.807, 2.05) is 24.4 Å². The van der Waals surface area contributed by atoms with E-state index in [0.29, 0.717) is 6.04 Å². The number of rotatable bonds is 4. The van der Waals surface area contributed by atoms with Crippen LogP contribution in [-0.4, -0.2) is 79.5 Å². The third kappa shape index (κ3) is 5.72. The highest BCUT2D eigenvalue weighted by Gasteiger charge is 2.27. The maximum atomic E-state index is 11.8. The largest absolute Gasteiger partial charge is 0.353 e. The summed E-state index contributed by atoms with van der Waals surface area (Å²) in [6, 6.07) is 6.52. The van der Waals surface area contributed by atoms with Crippen molar-refractivity contribution in [3.8, 4) is 0 Å². The van der Waals surface area contributed by atoms with Crippen LogP contribution in [0.4, 0.5) is 5.82 Å². The van der Waals surface area contributed by atoms with Crippen molar-refractivity contribution in [2.75, 3.05) is 51.7 Å². The van der Waals surface area contributed by atoms with E-state index in [2.05, 4.69) is 25.1 Å². The van der Waals surface area contributed by atoms with Crippen LogP contribution in [0.1, 0.15) is 12.8 Å². The summed E-state index contributed by atoms with van der Waals surface area (Å²) >= 11 is 0. The summed E-state index contributed by atoms with van der Waals surface area (Å²) in [6.07, 6.45) is 4.21. The van der Waals surface area contributed by atoms with Crippen molar-refractivity contribution in [3.05, 3.63) is 24.4 Å². The SMILES string of the molecule is CN(C)C(=O)CN=C(NC1CC1)N1CCN(c2ccccn2)CC1.I. The minimum absolute atomic E-state index is 0. The Morgan fingerprint density at radius 2 is 2.00 bits per heavy atom. The number of guanidine groups is 1. The number of amides is 1. The van der Waals surface area contributed by atoms with E-state index in [9.17, 15) is 4.79 Å². The zero-order chi connectivity index (χ0) is 16.9. The molecule has 0 bridgehead atoms. The molecule has 2 fully saturated rings. The van der Waals surface area contributed by atoms with Crippen molar-refractivity contribution in [1.82, 2.24) is 20.1 Å². The van der Waals surface area contributed by atoms with Crippen LogP contribution < -0.4 is 10.2 Å². The zero-order valence-corrected chi connectivity index (χ0v) is 17.2. The molecule has 138 valence electrons. The minimum atomic E-state index is 0. The quantitative estimate of drug-likeness (QED) is 0.415. The van der Waals surface area contributed by atoms with Crippen molar-refractivity contribution >= 4 is 41.7 Å². The second kappa shape index (κ2) is 9.21. The zero-order valence-electron chi connectivity index (χ0n) is 14.9. The molecular formula is C17H27IN6O. The van der Waals surface area contributed by atoms with Gasteiger partial charge < -0.3 is 20.0 Å². The Kier molecular flexibility index (Phi) is 7.27. The standard InChI is InChI=1S/C17H26N6O.HI/c1-21(2)16(24)13-19-17(20-14-6-7-14)23-11-9-22(10-12-23)15-5-3-4-8-18-15;/h3-5,8,14H,6-7,9-13H2,1-2H3,(H,19,20);1H. The Balaban J connectivity index is 0.00000225. The van der Waals surface area contributed by atoms with Crippen LogP contribution in [0.5, 0.6) is 0 Å². The first kappa shape index (κ1) is 19.7. The number of nitrogens with zero attached hydrogens (tertiary/aromatic N) is 5. The Morgan fingerprint density at radius 3 is 2.56 bits per heavy atom. The summed E-state index contributed by atoms with van der Waals surface area (Å²) in [6.45, 7) is 3.77. The fourth-order valence-corrected chi connectivity index (χ4v) is 2.62. The van der Waals surface area contributed by atoms with E-state index in [-0.39, 0.29) is 36.4 Å². The van der Waals surface area contributed by atoms with Gasteiger partial charge in [-0.1, -0.05) is 6.07 Å². The minimum Gasteiger partial charge on any atom is -0.353 e. The van der Waals surface area contributed by atoms with Crippen LogP contribution in [0.25, 0.3) is 0 Å². The molecule has 1 aliphatic carbocycles. The van der Waals surface area contributed by atoms with E-state index in [1.165, 1.54) is 12.8 Å². The van der Waals surface area contributed by atoms with E-state index in [4.69, 9.17) is 0 Å². The first-order chi connectivity index (χ1) is 11.6. The van der Waals surface area contributed by atoms with Crippen LogP contribution in [0, 0.1) is 0 Å². The number of aromatic nitrogens is 1. The predicted octanol–water partition coefficient (Wildman–Crippen LogP) is 1.02. The average molecular weight is 458 g/mol. The Hall–Kier alpha value is -1.58. The number of hydrogen-bond donors (Lipinski definition) is 1. The van der Waals surface area contributed by atoms with Gasteiger partial charge in [-0.2, -0.15) is 0 Å². The van der Waals surface area contributed by atoms with E-state index in [1.54, 1.807) is 19.0 Å². The lowest BCUT2D eigenvalue weighted by atomic mass is 10.3. The van der Waals surface area contributed by atoms with Gasteiger partial charge in [0.25, 0.3) is 0 Å². The molecule has 3 rings (SSSR count). The second-order valence-corrected chi connectivity index (χ2v) is 6.51. The number of hydrogen-bond acceptors (Lipinski definition) is 4. The predicted molar refractivity (Wildman–Crippen MR) is 111 cm³/mol. The molecule has 1 amide bonds. The molecule has 25 heavy (non-hydrogen) atoms. The summed E-state index contributed by atoms with van der Waals surface area (Å²) in [5.41, 5.74) is 0. The fraction of sp³-hybridized carbons (Fsp3) is 0.588. The number of nitrogens with one attached hydrogen (secondary N) is 1. The Bertz CT molecular complexity index is 582. The summed E-state index contributed by atoms with van der Waals surface area (Å²) in [5, 5.41) is 3.48. The van der Waals surface area contributed by atoms with E-state index >= 15 is 0 Å². The van der Waals surface area contributed by atoms with E-state index < -0.39 is 0 Å². The van der Waals surface area contributed by atoms with Gasteiger partial charge in [0.2, 0.25) is 5.91 Å². The molecule has 1 aromatic heterocycles. The van der Waals surface area contributed by atoms with Gasteiger partial charge in [0.05, 0.1) is 0 Å². The maximum absolute atomic E-state index is 11.8. The van der Waals surface area contributed by atoms with E-state index in [0.717, 1.165) is 38.0 Å². The molecule has 0 spiro atoms. The van der Waals surface area contributed by atoms with Gasteiger partial charge in [-0.05, 0) is 25.0 Å². The molecule has 0 unspecified atom stereocenters. The molecule has 1 saturated carbocycles. The molecule has 1 aromatic rings. The number of pyridine rings is 1. The number of anilines is 1. The van der Waals surface area contributed by atoms with Crippen molar-refractivity contribution in [3.63, 3.8) is 0 Å². The van der Waals surface area contributed by atoms with Gasteiger partial charge in [0, 0.05) is 52.5 Å². The maximum Gasteiger partial charge on any atom is 0.243 e. The third-order valence-electron chi connectivity index (χ3n) is 4.33. The van der Waals surface area contributed by atoms with Crippen LogP contribution in [0.2, 0.25) is 0 Å². The number of carbonyl (C=O) groups excluding carboxylic acids is 1. The van der Waals surface area contributed by atoms with Gasteiger partial charge in [-0.25, -0.2) is 9.98 Å². The summed E-state index contributed by atoms with van der Waals surface area (Å²) in [7, 11) is 3.52. The molecule has 1 aliphatic heterocycles. The summed E-state index contributed by atoms with van der Waals surface area (Å²) < 4.78 is 0. The number of aliphatic imine (C=N–C) groups is 1. The van der Waals surface area contributed by atoms with Crippen LogP contribution >= 0.6 is 24.0 Å². The lowest BCUT2D eigenvalue weighted by Crippen LogP contribution is -2.53. The number of carbonyl (C=O) groups is 1. The van der Waals surface area contributed by atoms with Gasteiger partial charge in [-0.15, -0.1) is 24.0 Å². The van der Waals surface area contributed by atoms with Crippen molar-refractivity contribution in [2.45, 2.75) is 18.9 Å². The molecule has 0 atom stereocenters. The highest BCUT2D eigenvalue weighted by Crippen LogP contribution is 2.19. The first-order valence-electron chi connectivity index (χ1n) is 8.55. The Labute approximate surface area is 166 Å². The topological polar surface area (TPSA) is 64.1 Å². The van der Waals surface area contributed by atoms with Gasteiger partial charge in [0.1, 0.15) is 12.4 Å². The monoisotopic (exact) mass is 458 g/mol. The first-order valence-corrected chi connectivity index (χ1v) is 8.55. The van der Waals surface area contributed by atoms with Gasteiger partial charge in [-0.3, -0.25) is 4.79 Å². The van der Waals surface area contributed by atoms with Crippen molar-refractivity contribution < 1.29 is 4.79 Å². The molecule has 8 heteroatoms. The molecule has 0 aromatic carbocycles. The highest BCUT2D eigenvalue weighted by atomic mass is 127. The molecule has 7 nitrogen and oxygen atoms in total. The number of likely N-dealkylation sites (N-methyl/N-ethyl adjacent to an activating group) is 1. The molecule has 2 aliphatic rings. The number of piperazine rings is 1. The van der Waals surface area contributed by atoms with Crippen LogP contribution in [-0.2, 0) is 4.79 Å². The molecule has 1 saturated heterocycles. The second-order valence-electron chi connectivity index (χ2n) is 6.51. The van der Waals surface area contributed by atoms with Gasteiger partial charge in [0.15, 0.2) is 5.96 Å². The third-order valence-corrected chi connectivity index (χ3v) is 4.33. The summed E-state index contributed by atoms with van der Waals surface area (Å²) in [4.78, 5) is 26.9. The normalized spacial score (nSPS) is 17.8. The van der Waals surface area contributed by atoms with Crippen LogP contribution in [0.15, 0.2) is 29.4 Å². The molecule has 2 heterocycles. The van der Waals surface area contributed by atoms with Crippen molar-refractivity contribution in [1.29, 1.82) is 0 Å². The van der Waals surface area contributed by atoms with Crippen LogP contribution in [0.3, 0.4) is 0 Å². The van der Waals surface area contributed by atoms with Crippen molar-refractivity contribution in [2.24, 2.45) is 4.99 Å². The lowest BCUT2D eigenvalue weighted by Gasteiger charge is -2.37. The average Bonchev–Trinajstić information content (AvgIpc) is 3.43. The molecule has 1 N–H and O–H groups in total. The molecule has 0 radical (unpaired) electrons. The highest BCUT2D eigenvalue weighted by molar-refractivity contribution is 14.0. The Morgan fingerprint density at radius 1 is 1.28 bits per heavy atom.